The second-order valence-corrected chi connectivity index (χ2v) is 11.8. The van der Waals surface area contributed by atoms with Crippen LogP contribution in [0.1, 0.15) is 72.9 Å². The molecule has 0 radical (unpaired) electrons. The van der Waals surface area contributed by atoms with E-state index in [4.69, 9.17) is 4.74 Å². The summed E-state index contributed by atoms with van der Waals surface area (Å²) in [5.41, 5.74) is 2.93. The Bertz CT molecular complexity index is 1470. The lowest BCUT2D eigenvalue weighted by molar-refractivity contribution is -0.167. The van der Waals surface area contributed by atoms with Gasteiger partial charge >= 0.3 is 5.97 Å². The number of esters is 1. The Morgan fingerprint density at radius 3 is 2.55 bits per heavy atom. The number of pyridine rings is 1. The van der Waals surface area contributed by atoms with E-state index in [0.717, 1.165) is 86.5 Å². The van der Waals surface area contributed by atoms with Gasteiger partial charge in [-0.3, -0.25) is 19.3 Å². The fourth-order valence-corrected chi connectivity index (χ4v) is 7.05. The summed E-state index contributed by atoms with van der Waals surface area (Å²) in [6.07, 6.45) is 12.9. The fraction of sp³-hybridized carbons (Fsp3) is 0.441. The van der Waals surface area contributed by atoms with E-state index in [-0.39, 0.29) is 17.6 Å². The molecule has 6 heteroatoms. The van der Waals surface area contributed by atoms with Gasteiger partial charge in [0.05, 0.1) is 10.9 Å². The zero-order chi connectivity index (χ0) is 27.5. The molecule has 0 spiro atoms. The number of hydrogen-bond donors (Lipinski definition) is 0. The lowest BCUT2D eigenvalue weighted by Gasteiger charge is -2.45. The van der Waals surface area contributed by atoms with Crippen LogP contribution in [-0.2, 0) is 21.5 Å². The highest BCUT2D eigenvalue weighted by Crippen LogP contribution is 2.42. The van der Waals surface area contributed by atoms with E-state index in [0.29, 0.717) is 24.4 Å². The number of aryl methyl sites for hydroxylation is 1. The Hall–Kier alpha value is -3.51. The van der Waals surface area contributed by atoms with Crippen LogP contribution in [0.2, 0.25) is 0 Å². The van der Waals surface area contributed by atoms with Gasteiger partial charge in [-0.15, -0.1) is 0 Å². The molecule has 1 atom stereocenters. The second kappa shape index (κ2) is 11.5. The number of nitrogens with zero attached hydrogens (tertiary/aromatic N) is 2. The minimum absolute atomic E-state index is 0.0272. The summed E-state index contributed by atoms with van der Waals surface area (Å²) in [7, 11) is 0. The van der Waals surface area contributed by atoms with Gasteiger partial charge in [0, 0.05) is 24.7 Å². The molecule has 4 heterocycles. The Morgan fingerprint density at radius 1 is 0.975 bits per heavy atom. The summed E-state index contributed by atoms with van der Waals surface area (Å²) in [6, 6.07) is 17.1. The first-order valence-electron chi connectivity index (χ1n) is 14.9. The molecule has 1 aliphatic carbocycles. The van der Waals surface area contributed by atoms with E-state index >= 15 is 0 Å². The van der Waals surface area contributed by atoms with E-state index in [1.54, 1.807) is 22.8 Å². The maximum absolute atomic E-state index is 13.9. The van der Waals surface area contributed by atoms with Gasteiger partial charge < -0.3 is 9.30 Å². The number of fused-ring (bicyclic) bond motifs is 4. The van der Waals surface area contributed by atoms with E-state index < -0.39 is 5.41 Å². The van der Waals surface area contributed by atoms with Crippen LogP contribution in [0.25, 0.3) is 17.0 Å². The molecule has 0 unspecified atom stereocenters. The number of allylic oxidation sites excluding steroid dienone is 1. The molecule has 6 nitrogen and oxygen atoms in total. The molecule has 3 aromatic rings. The number of ether oxygens (including phenoxy) is 1. The third-order valence-electron chi connectivity index (χ3n) is 9.37. The number of benzene rings is 2. The summed E-state index contributed by atoms with van der Waals surface area (Å²) >= 11 is 0. The van der Waals surface area contributed by atoms with Crippen LogP contribution in [0.5, 0.6) is 0 Å². The fourth-order valence-electron chi connectivity index (χ4n) is 7.05. The molecule has 4 aliphatic rings. The molecular formula is C34H38N2O4. The average Bonchev–Trinajstić information content (AvgIpc) is 3.01. The Morgan fingerprint density at radius 2 is 1.80 bits per heavy atom. The first-order chi connectivity index (χ1) is 19.6. The monoisotopic (exact) mass is 538 g/mol. The zero-order valence-corrected chi connectivity index (χ0v) is 23.1. The minimum Gasteiger partial charge on any atom is -0.460 e. The third kappa shape index (κ3) is 5.29. The maximum atomic E-state index is 13.9. The smallest absolute Gasteiger partial charge is 0.316 e. The molecule has 2 aromatic carbocycles. The van der Waals surface area contributed by atoms with Crippen molar-refractivity contribution in [2.45, 2.75) is 69.4 Å². The SMILES string of the molecule is O=Cc1ccc2c(ccc(=O)n2CC/C=C/c2cccc(C3(C(=O)O[C@H]4CN5CCC4CC5)CCCCC3)c2)c1. The molecule has 40 heavy (non-hydrogen) atoms. The van der Waals surface area contributed by atoms with Crippen molar-refractivity contribution < 1.29 is 14.3 Å². The Balaban J connectivity index is 1.18. The number of piperidine rings is 3. The summed E-state index contributed by atoms with van der Waals surface area (Å²) in [5, 5.41) is 0.879. The molecule has 208 valence electrons. The maximum Gasteiger partial charge on any atom is 0.316 e. The van der Waals surface area contributed by atoms with Gasteiger partial charge in [0.25, 0.3) is 5.56 Å². The van der Waals surface area contributed by atoms with Crippen LogP contribution in [0.4, 0.5) is 0 Å². The molecule has 1 saturated carbocycles. The Labute approximate surface area is 235 Å². The van der Waals surface area contributed by atoms with Crippen molar-refractivity contribution in [2.75, 3.05) is 19.6 Å². The summed E-state index contributed by atoms with van der Waals surface area (Å²) in [6.45, 7) is 3.69. The number of carbonyl (C=O) groups excluding carboxylic acids is 2. The van der Waals surface area contributed by atoms with Crippen LogP contribution in [0, 0.1) is 5.92 Å². The van der Waals surface area contributed by atoms with Gasteiger partial charge in [-0.25, -0.2) is 0 Å². The van der Waals surface area contributed by atoms with E-state index in [1.165, 1.54) is 6.42 Å². The standard InChI is InChI=1S/C34H38N2O4/c37-24-26-10-12-30-28(21-26)11-13-32(38)36(30)18-5-2-7-25-8-6-9-29(22-25)34(16-3-1-4-17-34)33(39)40-31-23-35-19-14-27(31)15-20-35/h2,6-13,21-22,24,27,31H,1,3-5,14-20,23H2/b7-2+/t31-/m0/s1. The molecule has 3 aliphatic heterocycles. The number of carbonyl (C=O) groups is 2. The van der Waals surface area contributed by atoms with Crippen molar-refractivity contribution in [2.24, 2.45) is 5.92 Å². The lowest BCUT2D eigenvalue weighted by Crippen LogP contribution is -2.53. The molecule has 1 aromatic heterocycles. The Kier molecular flexibility index (Phi) is 7.70. The van der Waals surface area contributed by atoms with Crippen molar-refractivity contribution in [3.05, 3.63) is 87.7 Å². The van der Waals surface area contributed by atoms with Crippen molar-refractivity contribution >= 4 is 29.2 Å². The van der Waals surface area contributed by atoms with Gasteiger partial charge in [0.1, 0.15) is 12.4 Å². The second-order valence-electron chi connectivity index (χ2n) is 11.8. The van der Waals surface area contributed by atoms with Gasteiger partial charge in [-0.2, -0.15) is 0 Å². The van der Waals surface area contributed by atoms with Crippen molar-refractivity contribution in [3.8, 4) is 0 Å². The lowest BCUT2D eigenvalue weighted by atomic mass is 9.69. The average molecular weight is 539 g/mol. The van der Waals surface area contributed by atoms with Crippen molar-refractivity contribution in [1.82, 2.24) is 9.47 Å². The van der Waals surface area contributed by atoms with E-state index in [2.05, 4.69) is 35.3 Å². The minimum atomic E-state index is -0.565. The van der Waals surface area contributed by atoms with Crippen molar-refractivity contribution in [1.29, 1.82) is 0 Å². The first-order valence-corrected chi connectivity index (χ1v) is 14.9. The molecule has 2 bridgehead atoms. The van der Waals surface area contributed by atoms with Gasteiger partial charge in [-0.1, -0.05) is 55.7 Å². The highest BCUT2D eigenvalue weighted by Gasteiger charge is 2.45. The highest BCUT2D eigenvalue weighted by atomic mass is 16.5. The largest absolute Gasteiger partial charge is 0.460 e. The van der Waals surface area contributed by atoms with E-state index in [1.807, 2.05) is 18.2 Å². The van der Waals surface area contributed by atoms with Crippen LogP contribution < -0.4 is 5.56 Å². The van der Waals surface area contributed by atoms with Crippen molar-refractivity contribution in [3.63, 3.8) is 0 Å². The molecule has 0 N–H and O–H groups in total. The highest BCUT2D eigenvalue weighted by molar-refractivity contribution is 5.87. The predicted molar refractivity (Wildman–Crippen MR) is 157 cm³/mol. The van der Waals surface area contributed by atoms with E-state index in [9.17, 15) is 14.4 Å². The molecule has 0 amide bonds. The molecule has 3 saturated heterocycles. The quantitative estimate of drug-likeness (QED) is 0.270. The third-order valence-corrected chi connectivity index (χ3v) is 9.37. The van der Waals surface area contributed by atoms with Gasteiger partial charge in [-0.05, 0) is 91.9 Å². The van der Waals surface area contributed by atoms with Gasteiger partial charge in [0.15, 0.2) is 0 Å². The number of aromatic nitrogens is 1. The van der Waals surface area contributed by atoms with Crippen LogP contribution in [-0.4, -0.2) is 47.5 Å². The number of hydrogen-bond acceptors (Lipinski definition) is 5. The summed E-state index contributed by atoms with van der Waals surface area (Å²) in [4.78, 5) is 40.0. The number of rotatable bonds is 8. The normalized spacial score (nSPS) is 23.9. The van der Waals surface area contributed by atoms with Crippen LogP contribution in [0.15, 0.2) is 65.5 Å². The topological polar surface area (TPSA) is 68.6 Å². The summed E-state index contributed by atoms with van der Waals surface area (Å²) < 4.78 is 8.08. The van der Waals surface area contributed by atoms with Gasteiger partial charge in [0.2, 0.25) is 0 Å². The van der Waals surface area contributed by atoms with Crippen LogP contribution in [0.3, 0.4) is 0 Å². The number of aldehydes is 1. The summed E-state index contributed by atoms with van der Waals surface area (Å²) in [5.74, 6) is 0.477. The molecular weight excluding hydrogens is 500 g/mol. The predicted octanol–water partition coefficient (Wildman–Crippen LogP) is 5.76. The van der Waals surface area contributed by atoms with Crippen LogP contribution >= 0.6 is 0 Å². The molecule has 4 fully saturated rings. The first kappa shape index (κ1) is 26.7. The molecule has 7 rings (SSSR count). The zero-order valence-electron chi connectivity index (χ0n) is 23.1.